The average Bonchev–Trinajstić information content (AvgIpc) is 2.55. The highest BCUT2D eigenvalue weighted by atomic mass is 35.5. The lowest BCUT2D eigenvalue weighted by molar-refractivity contribution is -0.144. The largest absolute Gasteiger partial charge is 0.493 e. The number of ether oxygens (including phenoxy) is 2. The molecule has 0 saturated carbocycles. The number of aliphatic carboxylic acids is 1. The summed E-state index contributed by atoms with van der Waals surface area (Å²) < 4.78 is 11.1. The Morgan fingerprint density at radius 2 is 2.17 bits per heavy atom. The number of carboxylic acids is 1. The van der Waals surface area contributed by atoms with Gasteiger partial charge in [-0.3, -0.25) is 9.69 Å². The van der Waals surface area contributed by atoms with E-state index in [1.54, 1.807) is 7.11 Å². The summed E-state index contributed by atoms with van der Waals surface area (Å²) in [5, 5.41) is 9.79. The zero-order valence-corrected chi connectivity index (χ0v) is 15.3. The van der Waals surface area contributed by atoms with Crippen LogP contribution in [-0.4, -0.2) is 42.3 Å². The molecular formula is C18H26ClNO4. The molecule has 0 aliphatic carbocycles. The van der Waals surface area contributed by atoms with E-state index < -0.39 is 5.97 Å². The number of carboxylic acid groups (broad SMARTS) is 1. The van der Waals surface area contributed by atoms with E-state index in [1.165, 1.54) is 0 Å². The van der Waals surface area contributed by atoms with Crippen molar-refractivity contribution < 1.29 is 19.4 Å². The van der Waals surface area contributed by atoms with E-state index in [1.807, 2.05) is 19.1 Å². The molecule has 2 unspecified atom stereocenters. The van der Waals surface area contributed by atoms with Gasteiger partial charge in [-0.2, -0.15) is 0 Å². The molecule has 5 nitrogen and oxygen atoms in total. The average molecular weight is 356 g/mol. The zero-order chi connectivity index (χ0) is 17.7. The minimum atomic E-state index is -0.717. The molecule has 1 N–H and O–H groups in total. The van der Waals surface area contributed by atoms with Gasteiger partial charge in [0.05, 0.1) is 24.7 Å². The van der Waals surface area contributed by atoms with E-state index in [0.29, 0.717) is 42.3 Å². The lowest BCUT2D eigenvalue weighted by Crippen LogP contribution is -2.43. The van der Waals surface area contributed by atoms with Crippen LogP contribution in [0.15, 0.2) is 12.1 Å². The van der Waals surface area contributed by atoms with Gasteiger partial charge in [0.2, 0.25) is 0 Å². The molecule has 1 aliphatic heterocycles. The fourth-order valence-corrected chi connectivity index (χ4v) is 3.33. The topological polar surface area (TPSA) is 59.0 Å². The molecule has 1 aromatic carbocycles. The molecule has 24 heavy (non-hydrogen) atoms. The second-order valence-corrected chi connectivity index (χ2v) is 6.76. The monoisotopic (exact) mass is 355 g/mol. The number of likely N-dealkylation sites (tertiary alicyclic amines) is 1. The second kappa shape index (κ2) is 8.58. The summed E-state index contributed by atoms with van der Waals surface area (Å²) in [5.74, 6) is 0.168. The molecule has 1 heterocycles. The van der Waals surface area contributed by atoms with Crippen molar-refractivity contribution in [3.8, 4) is 11.5 Å². The fourth-order valence-electron chi connectivity index (χ4n) is 3.04. The van der Waals surface area contributed by atoms with Gasteiger partial charge < -0.3 is 14.6 Å². The van der Waals surface area contributed by atoms with Crippen LogP contribution in [0.1, 0.15) is 38.7 Å². The van der Waals surface area contributed by atoms with Crippen molar-refractivity contribution in [1.29, 1.82) is 0 Å². The number of carbonyl (C=O) groups is 1. The molecule has 1 aliphatic rings. The number of rotatable bonds is 7. The van der Waals surface area contributed by atoms with Crippen molar-refractivity contribution in [3.05, 3.63) is 22.7 Å². The molecule has 0 amide bonds. The maximum absolute atomic E-state index is 11.3. The molecule has 1 aromatic rings. The molecule has 1 fully saturated rings. The summed E-state index contributed by atoms with van der Waals surface area (Å²) in [5.41, 5.74) is 0.999. The van der Waals surface area contributed by atoms with Crippen molar-refractivity contribution in [2.24, 2.45) is 5.92 Å². The lowest BCUT2D eigenvalue weighted by atomic mass is 9.93. The maximum Gasteiger partial charge on any atom is 0.307 e. The highest BCUT2D eigenvalue weighted by Crippen LogP contribution is 2.37. The number of methoxy groups -OCH3 is 1. The van der Waals surface area contributed by atoms with Crippen LogP contribution >= 0.6 is 11.6 Å². The third-order valence-corrected chi connectivity index (χ3v) is 4.77. The van der Waals surface area contributed by atoms with E-state index in [2.05, 4.69) is 11.8 Å². The van der Waals surface area contributed by atoms with E-state index in [-0.39, 0.29) is 5.92 Å². The quantitative estimate of drug-likeness (QED) is 0.805. The van der Waals surface area contributed by atoms with Crippen molar-refractivity contribution >= 4 is 17.6 Å². The summed E-state index contributed by atoms with van der Waals surface area (Å²) in [6.07, 6.45) is 2.52. The van der Waals surface area contributed by atoms with Crippen LogP contribution in [0.4, 0.5) is 0 Å². The van der Waals surface area contributed by atoms with Crippen molar-refractivity contribution in [2.45, 2.75) is 45.7 Å². The van der Waals surface area contributed by atoms with Crippen LogP contribution in [0.25, 0.3) is 0 Å². The van der Waals surface area contributed by atoms with Crippen molar-refractivity contribution in [1.82, 2.24) is 4.90 Å². The number of halogens is 1. The van der Waals surface area contributed by atoms with Gasteiger partial charge in [-0.1, -0.05) is 18.5 Å². The minimum Gasteiger partial charge on any atom is -0.493 e. The number of piperidine rings is 1. The summed E-state index contributed by atoms with van der Waals surface area (Å²) >= 11 is 6.36. The highest BCUT2D eigenvalue weighted by Gasteiger charge is 2.29. The van der Waals surface area contributed by atoms with Crippen LogP contribution in [0, 0.1) is 5.92 Å². The minimum absolute atomic E-state index is 0.300. The number of nitrogens with zero attached hydrogens (tertiary/aromatic N) is 1. The van der Waals surface area contributed by atoms with Crippen LogP contribution < -0.4 is 9.47 Å². The van der Waals surface area contributed by atoms with Crippen LogP contribution in [0.2, 0.25) is 5.02 Å². The normalized spacial score (nSPS) is 21.5. The SMILES string of the molecule is CCCOc1c(Cl)cc(CN2CC(C(=O)O)CCC2C)cc1OC. The summed E-state index contributed by atoms with van der Waals surface area (Å²) in [7, 11) is 1.60. The maximum atomic E-state index is 11.3. The van der Waals surface area contributed by atoms with Gasteiger partial charge in [0.15, 0.2) is 11.5 Å². The van der Waals surface area contributed by atoms with Gasteiger partial charge in [0, 0.05) is 19.1 Å². The van der Waals surface area contributed by atoms with Gasteiger partial charge in [0.25, 0.3) is 0 Å². The first-order chi connectivity index (χ1) is 11.5. The molecule has 0 aromatic heterocycles. The number of hydrogen-bond acceptors (Lipinski definition) is 4. The van der Waals surface area contributed by atoms with E-state index in [4.69, 9.17) is 21.1 Å². The molecule has 1 saturated heterocycles. The summed E-state index contributed by atoms with van der Waals surface area (Å²) in [6, 6.07) is 4.15. The first kappa shape index (κ1) is 18.9. The number of hydrogen-bond donors (Lipinski definition) is 1. The Balaban J connectivity index is 2.16. The molecule has 0 spiro atoms. The summed E-state index contributed by atoms with van der Waals surface area (Å²) in [6.45, 7) is 5.96. The molecule has 2 atom stereocenters. The standard InChI is InChI=1S/C18H26ClNO4/c1-4-7-24-17-15(19)8-13(9-16(17)23-3)10-20-11-14(18(21)22)6-5-12(20)2/h8-9,12,14H,4-7,10-11H2,1-3H3,(H,21,22). The molecule has 6 heteroatoms. The van der Waals surface area contributed by atoms with Gasteiger partial charge in [-0.25, -0.2) is 0 Å². The van der Waals surface area contributed by atoms with Crippen molar-refractivity contribution in [2.75, 3.05) is 20.3 Å². The van der Waals surface area contributed by atoms with Crippen LogP contribution in [0.3, 0.4) is 0 Å². The van der Waals surface area contributed by atoms with Crippen LogP contribution in [0.5, 0.6) is 11.5 Å². The first-order valence-electron chi connectivity index (χ1n) is 8.42. The first-order valence-corrected chi connectivity index (χ1v) is 8.80. The van der Waals surface area contributed by atoms with Gasteiger partial charge in [0.1, 0.15) is 0 Å². The Morgan fingerprint density at radius 1 is 1.42 bits per heavy atom. The third kappa shape index (κ3) is 4.54. The Hall–Kier alpha value is -1.46. The second-order valence-electron chi connectivity index (χ2n) is 6.35. The van der Waals surface area contributed by atoms with Gasteiger partial charge >= 0.3 is 5.97 Å². The van der Waals surface area contributed by atoms with E-state index >= 15 is 0 Å². The molecular weight excluding hydrogens is 330 g/mol. The van der Waals surface area contributed by atoms with Crippen molar-refractivity contribution in [3.63, 3.8) is 0 Å². The Bertz CT molecular complexity index is 578. The van der Waals surface area contributed by atoms with Gasteiger partial charge in [-0.15, -0.1) is 0 Å². The molecule has 134 valence electrons. The Labute approximate surface area is 148 Å². The number of benzene rings is 1. The van der Waals surface area contributed by atoms with E-state index in [0.717, 1.165) is 24.8 Å². The smallest absolute Gasteiger partial charge is 0.307 e. The van der Waals surface area contributed by atoms with E-state index in [9.17, 15) is 9.90 Å². The Kier molecular flexibility index (Phi) is 6.75. The molecule has 0 bridgehead atoms. The highest BCUT2D eigenvalue weighted by molar-refractivity contribution is 6.32. The molecule has 0 radical (unpaired) electrons. The fraction of sp³-hybridized carbons (Fsp3) is 0.611. The predicted molar refractivity (Wildman–Crippen MR) is 94.0 cm³/mol. The zero-order valence-electron chi connectivity index (χ0n) is 14.5. The molecule has 2 rings (SSSR count). The van der Waals surface area contributed by atoms with Gasteiger partial charge in [-0.05, 0) is 43.9 Å². The lowest BCUT2D eigenvalue weighted by Gasteiger charge is -2.36. The predicted octanol–water partition coefficient (Wildman–Crippen LogP) is 3.82. The summed E-state index contributed by atoms with van der Waals surface area (Å²) in [4.78, 5) is 13.5. The van der Waals surface area contributed by atoms with Crippen LogP contribution in [-0.2, 0) is 11.3 Å². The Morgan fingerprint density at radius 3 is 2.79 bits per heavy atom. The third-order valence-electron chi connectivity index (χ3n) is 4.49.